The van der Waals surface area contributed by atoms with E-state index in [-0.39, 0.29) is 5.69 Å². The third-order valence-electron chi connectivity index (χ3n) is 4.76. The highest BCUT2D eigenvalue weighted by Crippen LogP contribution is 2.30. The van der Waals surface area contributed by atoms with Crippen LogP contribution in [0, 0.1) is 13.8 Å². The lowest BCUT2D eigenvalue weighted by atomic mass is 10.1. The SMILES string of the molecule is CCCc1c(C)nn(-c2ccc(C(=O)Nc3cccc(C(F)(F)F)c3)cc2)c1C. The number of nitrogens with one attached hydrogen (secondary N) is 1. The molecule has 3 rings (SSSR count). The Kier molecular flexibility index (Phi) is 5.77. The number of halogens is 3. The van der Waals surface area contributed by atoms with Crippen LogP contribution in [0.5, 0.6) is 0 Å². The van der Waals surface area contributed by atoms with Crippen molar-refractivity contribution in [2.75, 3.05) is 5.32 Å². The van der Waals surface area contributed by atoms with Gasteiger partial charge in [0, 0.05) is 16.9 Å². The number of aromatic nitrogens is 2. The molecule has 0 aliphatic carbocycles. The third-order valence-corrected chi connectivity index (χ3v) is 4.76. The summed E-state index contributed by atoms with van der Waals surface area (Å²) in [6.45, 7) is 6.11. The van der Waals surface area contributed by atoms with Gasteiger partial charge >= 0.3 is 6.18 Å². The minimum atomic E-state index is -4.46. The molecule has 0 fully saturated rings. The number of aryl methyl sites for hydroxylation is 1. The second kappa shape index (κ2) is 8.11. The Morgan fingerprint density at radius 1 is 1.10 bits per heavy atom. The van der Waals surface area contributed by atoms with Gasteiger partial charge in [-0.2, -0.15) is 18.3 Å². The van der Waals surface area contributed by atoms with Crippen molar-refractivity contribution in [2.24, 2.45) is 0 Å². The normalized spacial score (nSPS) is 11.5. The van der Waals surface area contributed by atoms with Crippen LogP contribution in [0.25, 0.3) is 5.69 Å². The number of rotatable bonds is 5. The zero-order valence-corrected chi connectivity index (χ0v) is 16.5. The molecule has 0 aliphatic heterocycles. The minimum Gasteiger partial charge on any atom is -0.322 e. The molecule has 152 valence electrons. The molecule has 3 aromatic rings. The molecule has 1 amide bonds. The first kappa shape index (κ1) is 20.6. The smallest absolute Gasteiger partial charge is 0.322 e. The summed E-state index contributed by atoms with van der Waals surface area (Å²) in [5.41, 5.74) is 3.72. The zero-order valence-electron chi connectivity index (χ0n) is 16.5. The van der Waals surface area contributed by atoms with E-state index in [0.29, 0.717) is 5.56 Å². The summed E-state index contributed by atoms with van der Waals surface area (Å²) < 4.78 is 40.3. The van der Waals surface area contributed by atoms with E-state index in [4.69, 9.17) is 0 Å². The fraction of sp³-hybridized carbons (Fsp3) is 0.273. The van der Waals surface area contributed by atoms with Crippen molar-refractivity contribution in [1.82, 2.24) is 9.78 Å². The van der Waals surface area contributed by atoms with Gasteiger partial charge in [0.1, 0.15) is 0 Å². The predicted molar refractivity (Wildman–Crippen MR) is 106 cm³/mol. The van der Waals surface area contributed by atoms with Gasteiger partial charge in [-0.3, -0.25) is 4.79 Å². The number of anilines is 1. The lowest BCUT2D eigenvalue weighted by Gasteiger charge is -2.10. The summed E-state index contributed by atoms with van der Waals surface area (Å²) in [5.74, 6) is -0.476. The Morgan fingerprint density at radius 2 is 1.79 bits per heavy atom. The van der Waals surface area contributed by atoms with Gasteiger partial charge in [0.2, 0.25) is 0 Å². The number of alkyl halides is 3. The largest absolute Gasteiger partial charge is 0.416 e. The average molecular weight is 401 g/mol. The van der Waals surface area contributed by atoms with Gasteiger partial charge in [-0.05, 0) is 68.3 Å². The summed E-state index contributed by atoms with van der Waals surface area (Å²) in [7, 11) is 0. The first-order valence-corrected chi connectivity index (χ1v) is 9.35. The molecule has 0 atom stereocenters. The van der Waals surface area contributed by atoms with Crippen LogP contribution in [0.4, 0.5) is 18.9 Å². The average Bonchev–Trinajstić information content (AvgIpc) is 2.96. The number of hydrogen-bond acceptors (Lipinski definition) is 2. The monoisotopic (exact) mass is 401 g/mol. The molecule has 7 heteroatoms. The third kappa shape index (κ3) is 4.50. The maximum Gasteiger partial charge on any atom is 0.416 e. The minimum absolute atomic E-state index is 0.0941. The second-order valence-electron chi connectivity index (χ2n) is 6.89. The van der Waals surface area contributed by atoms with Crippen LogP contribution in [0.3, 0.4) is 0 Å². The molecule has 1 aromatic heterocycles. The van der Waals surface area contributed by atoms with Crippen molar-refractivity contribution < 1.29 is 18.0 Å². The summed E-state index contributed by atoms with van der Waals surface area (Å²) in [5, 5.41) is 7.09. The molecule has 0 saturated heterocycles. The van der Waals surface area contributed by atoms with E-state index in [1.54, 1.807) is 24.3 Å². The molecule has 29 heavy (non-hydrogen) atoms. The Bertz CT molecular complexity index is 1020. The van der Waals surface area contributed by atoms with E-state index in [1.165, 1.54) is 17.7 Å². The number of carbonyl (C=O) groups is 1. The van der Waals surface area contributed by atoms with Crippen molar-refractivity contribution in [3.63, 3.8) is 0 Å². The number of hydrogen-bond donors (Lipinski definition) is 1. The van der Waals surface area contributed by atoms with Gasteiger partial charge in [0.15, 0.2) is 0 Å². The van der Waals surface area contributed by atoms with Crippen LogP contribution in [0.15, 0.2) is 48.5 Å². The lowest BCUT2D eigenvalue weighted by Crippen LogP contribution is -2.13. The van der Waals surface area contributed by atoms with E-state index in [0.717, 1.165) is 42.0 Å². The van der Waals surface area contributed by atoms with Gasteiger partial charge in [-0.1, -0.05) is 19.4 Å². The summed E-state index contributed by atoms with van der Waals surface area (Å²) in [6.07, 6.45) is -2.48. The van der Waals surface area contributed by atoms with Gasteiger partial charge in [-0.15, -0.1) is 0 Å². The molecule has 0 radical (unpaired) electrons. The quantitative estimate of drug-likeness (QED) is 0.595. The fourth-order valence-electron chi connectivity index (χ4n) is 3.27. The standard InChI is InChI=1S/C22H22F3N3O/c1-4-6-20-14(2)27-28(15(20)3)19-11-9-16(10-12-19)21(29)26-18-8-5-7-17(13-18)22(23,24)25/h5,7-13H,4,6H2,1-3H3,(H,26,29). The Morgan fingerprint density at radius 3 is 2.41 bits per heavy atom. The van der Waals surface area contributed by atoms with E-state index in [9.17, 15) is 18.0 Å². The molecule has 0 aliphatic rings. The van der Waals surface area contributed by atoms with Crippen LogP contribution in [0.1, 0.15) is 46.2 Å². The highest BCUT2D eigenvalue weighted by molar-refractivity contribution is 6.04. The van der Waals surface area contributed by atoms with Crippen LogP contribution < -0.4 is 5.32 Å². The molecule has 0 unspecified atom stereocenters. The number of nitrogens with zero attached hydrogens (tertiary/aromatic N) is 2. The van der Waals surface area contributed by atoms with Crippen molar-refractivity contribution >= 4 is 11.6 Å². The number of benzene rings is 2. The van der Waals surface area contributed by atoms with E-state index in [1.807, 2.05) is 18.5 Å². The molecular weight excluding hydrogens is 379 g/mol. The molecule has 0 spiro atoms. The topological polar surface area (TPSA) is 46.9 Å². The Balaban J connectivity index is 1.79. The van der Waals surface area contributed by atoms with E-state index >= 15 is 0 Å². The number of amides is 1. The summed E-state index contributed by atoms with van der Waals surface area (Å²) >= 11 is 0. The summed E-state index contributed by atoms with van der Waals surface area (Å²) in [4.78, 5) is 12.4. The zero-order chi connectivity index (χ0) is 21.2. The first-order chi connectivity index (χ1) is 13.7. The van der Waals surface area contributed by atoms with E-state index < -0.39 is 17.6 Å². The first-order valence-electron chi connectivity index (χ1n) is 9.35. The van der Waals surface area contributed by atoms with Gasteiger partial charge in [0.25, 0.3) is 5.91 Å². The van der Waals surface area contributed by atoms with E-state index in [2.05, 4.69) is 17.3 Å². The Hall–Kier alpha value is -3.09. The van der Waals surface area contributed by atoms with Gasteiger partial charge in [0.05, 0.1) is 16.9 Å². The van der Waals surface area contributed by atoms with Crippen molar-refractivity contribution in [1.29, 1.82) is 0 Å². The fourth-order valence-corrected chi connectivity index (χ4v) is 3.27. The van der Waals surface area contributed by atoms with Crippen molar-refractivity contribution in [3.05, 3.63) is 76.6 Å². The molecule has 0 saturated carbocycles. The van der Waals surface area contributed by atoms with Crippen LogP contribution in [-0.2, 0) is 12.6 Å². The van der Waals surface area contributed by atoms with Gasteiger partial charge in [-0.25, -0.2) is 4.68 Å². The molecule has 2 aromatic carbocycles. The highest BCUT2D eigenvalue weighted by Gasteiger charge is 2.30. The Labute approximate surface area is 167 Å². The highest BCUT2D eigenvalue weighted by atomic mass is 19.4. The van der Waals surface area contributed by atoms with Crippen molar-refractivity contribution in [2.45, 2.75) is 39.8 Å². The predicted octanol–water partition coefficient (Wildman–Crippen LogP) is 5.71. The molecule has 1 N–H and O–H groups in total. The van der Waals surface area contributed by atoms with Crippen LogP contribution in [-0.4, -0.2) is 15.7 Å². The molecule has 0 bridgehead atoms. The molecule has 4 nitrogen and oxygen atoms in total. The number of carbonyl (C=O) groups excluding carboxylic acids is 1. The van der Waals surface area contributed by atoms with Crippen LogP contribution in [0.2, 0.25) is 0 Å². The summed E-state index contributed by atoms with van der Waals surface area (Å²) in [6, 6.07) is 11.4. The lowest BCUT2D eigenvalue weighted by molar-refractivity contribution is -0.137. The maximum absolute atomic E-state index is 12.8. The van der Waals surface area contributed by atoms with Crippen LogP contribution >= 0.6 is 0 Å². The van der Waals surface area contributed by atoms with Crippen molar-refractivity contribution in [3.8, 4) is 5.69 Å². The maximum atomic E-state index is 12.8. The molecular formula is C22H22F3N3O. The second-order valence-corrected chi connectivity index (χ2v) is 6.89. The molecule has 1 heterocycles. The van der Waals surface area contributed by atoms with Gasteiger partial charge < -0.3 is 5.32 Å².